The average molecular weight is 496 g/mol. The second-order valence-electron chi connectivity index (χ2n) is 5.18. The number of nitrogens with zero attached hydrogens (tertiary/aromatic N) is 1. The highest BCUT2D eigenvalue weighted by Crippen LogP contribution is 2.26. The van der Waals surface area contributed by atoms with Crippen LogP contribution < -0.4 is 5.32 Å². The fourth-order valence-electron chi connectivity index (χ4n) is 2.10. The molecule has 1 N–H and O–H groups in total. The quantitative estimate of drug-likeness (QED) is 0.498. The Morgan fingerprint density at radius 3 is 2.54 bits per heavy atom. The summed E-state index contributed by atoms with van der Waals surface area (Å²) < 4.78 is 6.74. The third kappa shape index (κ3) is 5.00. The van der Waals surface area contributed by atoms with Crippen LogP contribution >= 0.6 is 43.2 Å². The molecule has 0 fully saturated rings. The third-order valence-corrected chi connectivity index (χ3v) is 5.01. The van der Waals surface area contributed by atoms with Crippen LogP contribution in [-0.2, 0) is 9.53 Å². The van der Waals surface area contributed by atoms with Crippen molar-refractivity contribution in [1.29, 1.82) is 0 Å². The monoisotopic (exact) mass is 494 g/mol. The van der Waals surface area contributed by atoms with Crippen LogP contribution in [0.5, 0.6) is 0 Å². The molecule has 0 aliphatic rings. The average Bonchev–Trinajstić information content (AvgIpc) is 3.08. The Kier molecular flexibility index (Phi) is 6.18. The first-order valence-electron chi connectivity index (χ1n) is 7.45. The number of benzene rings is 2. The maximum absolute atomic E-state index is 12.0. The molecule has 0 aliphatic carbocycles. The highest BCUT2D eigenvalue weighted by Gasteiger charge is 2.12. The molecule has 1 aromatic heterocycles. The van der Waals surface area contributed by atoms with Crippen molar-refractivity contribution in [3.63, 3.8) is 0 Å². The number of nitrogens with one attached hydrogen (secondary N) is 1. The van der Waals surface area contributed by atoms with E-state index >= 15 is 0 Å². The number of carbonyl (C=O) groups is 2. The van der Waals surface area contributed by atoms with Crippen molar-refractivity contribution in [1.82, 2.24) is 4.98 Å². The number of rotatable bonds is 5. The number of hydrogen-bond acceptors (Lipinski definition) is 5. The predicted octanol–water partition coefficient (Wildman–Crippen LogP) is 5.13. The van der Waals surface area contributed by atoms with Crippen molar-refractivity contribution in [2.45, 2.75) is 0 Å². The number of aromatic nitrogens is 1. The van der Waals surface area contributed by atoms with Gasteiger partial charge in [-0.3, -0.25) is 10.1 Å². The van der Waals surface area contributed by atoms with Crippen molar-refractivity contribution in [3.8, 4) is 11.3 Å². The fraction of sp³-hybridized carbons (Fsp3) is 0.0556. The lowest BCUT2D eigenvalue weighted by atomic mass is 10.2. The Bertz CT molecular complexity index is 959. The first kappa shape index (κ1) is 18.8. The summed E-state index contributed by atoms with van der Waals surface area (Å²) in [5.41, 5.74) is 2.08. The van der Waals surface area contributed by atoms with Gasteiger partial charge in [0.25, 0.3) is 5.91 Å². The Morgan fingerprint density at radius 1 is 1.08 bits per heavy atom. The molecule has 0 unspecified atom stereocenters. The summed E-state index contributed by atoms with van der Waals surface area (Å²) >= 11 is 8.01. The minimum atomic E-state index is -0.560. The number of ether oxygens (including phenoxy) is 1. The molecule has 3 aromatic rings. The molecule has 0 aliphatic heterocycles. The minimum absolute atomic E-state index is 0.373. The molecule has 132 valence electrons. The summed E-state index contributed by atoms with van der Waals surface area (Å²) in [6.45, 7) is -0.378. The van der Waals surface area contributed by atoms with Gasteiger partial charge in [-0.15, -0.1) is 11.3 Å². The van der Waals surface area contributed by atoms with Crippen molar-refractivity contribution < 1.29 is 14.3 Å². The third-order valence-electron chi connectivity index (χ3n) is 3.27. The van der Waals surface area contributed by atoms with Crippen LogP contribution in [0.3, 0.4) is 0 Å². The van der Waals surface area contributed by atoms with E-state index < -0.39 is 11.9 Å². The van der Waals surface area contributed by atoms with Gasteiger partial charge in [0.2, 0.25) is 0 Å². The molecule has 0 atom stereocenters. The van der Waals surface area contributed by atoms with E-state index in [0.29, 0.717) is 10.7 Å². The van der Waals surface area contributed by atoms with Gasteiger partial charge in [-0.2, -0.15) is 0 Å². The molecule has 1 heterocycles. The van der Waals surface area contributed by atoms with E-state index in [-0.39, 0.29) is 6.61 Å². The second-order valence-corrected chi connectivity index (χ2v) is 7.87. The summed E-state index contributed by atoms with van der Waals surface area (Å²) in [5, 5.41) is 4.93. The maximum atomic E-state index is 12.0. The summed E-state index contributed by atoms with van der Waals surface area (Å²) in [5.74, 6) is -1.00. The van der Waals surface area contributed by atoms with Gasteiger partial charge in [0.05, 0.1) is 11.3 Å². The van der Waals surface area contributed by atoms with Crippen molar-refractivity contribution in [3.05, 3.63) is 68.4 Å². The number of anilines is 1. The molecule has 26 heavy (non-hydrogen) atoms. The van der Waals surface area contributed by atoms with Gasteiger partial charge in [0.1, 0.15) is 0 Å². The SMILES string of the molecule is O=C(COC(=O)c1cccc(Br)c1)Nc1nc(-c2cccc(Br)c2)cs1. The van der Waals surface area contributed by atoms with Gasteiger partial charge in [0, 0.05) is 19.9 Å². The molecule has 5 nitrogen and oxygen atoms in total. The Hall–Kier alpha value is -2.03. The molecule has 0 saturated heterocycles. The van der Waals surface area contributed by atoms with Crippen LogP contribution in [0.2, 0.25) is 0 Å². The number of halogens is 2. The van der Waals surface area contributed by atoms with Gasteiger partial charge >= 0.3 is 5.97 Å². The van der Waals surface area contributed by atoms with Crippen molar-refractivity contribution in [2.24, 2.45) is 0 Å². The highest BCUT2D eigenvalue weighted by molar-refractivity contribution is 9.10. The Labute approximate surface area is 170 Å². The molecule has 3 rings (SSSR count). The van der Waals surface area contributed by atoms with E-state index in [9.17, 15) is 9.59 Å². The molecule has 8 heteroatoms. The van der Waals surface area contributed by atoms with E-state index in [1.165, 1.54) is 11.3 Å². The van der Waals surface area contributed by atoms with E-state index in [2.05, 4.69) is 42.2 Å². The van der Waals surface area contributed by atoms with Gasteiger partial charge in [-0.25, -0.2) is 9.78 Å². The lowest BCUT2D eigenvalue weighted by Crippen LogP contribution is -2.20. The maximum Gasteiger partial charge on any atom is 0.338 e. The van der Waals surface area contributed by atoms with Crippen LogP contribution in [0.15, 0.2) is 62.9 Å². The molecular formula is C18H12Br2N2O3S. The van der Waals surface area contributed by atoms with Gasteiger partial charge in [-0.1, -0.05) is 50.1 Å². The van der Waals surface area contributed by atoms with Crippen LogP contribution in [0.25, 0.3) is 11.3 Å². The zero-order chi connectivity index (χ0) is 18.5. The van der Waals surface area contributed by atoms with Gasteiger partial charge in [0.15, 0.2) is 11.7 Å². The molecule has 0 spiro atoms. The number of amides is 1. The van der Waals surface area contributed by atoms with Gasteiger partial charge in [-0.05, 0) is 30.3 Å². The van der Waals surface area contributed by atoms with E-state index in [1.54, 1.807) is 24.3 Å². The zero-order valence-electron chi connectivity index (χ0n) is 13.2. The smallest absolute Gasteiger partial charge is 0.338 e. The summed E-state index contributed by atoms with van der Waals surface area (Å²) in [4.78, 5) is 28.3. The minimum Gasteiger partial charge on any atom is -0.452 e. The van der Waals surface area contributed by atoms with E-state index in [0.717, 1.165) is 20.2 Å². The standard InChI is InChI=1S/C18H12Br2N2O3S/c19-13-5-1-3-11(7-13)15-10-26-18(21-15)22-16(23)9-25-17(24)12-4-2-6-14(20)8-12/h1-8,10H,9H2,(H,21,22,23). The fourth-order valence-corrected chi connectivity index (χ4v) is 3.63. The van der Waals surface area contributed by atoms with E-state index in [1.807, 2.05) is 29.6 Å². The Morgan fingerprint density at radius 2 is 1.81 bits per heavy atom. The topological polar surface area (TPSA) is 68.3 Å². The van der Waals surface area contributed by atoms with Crippen LogP contribution in [0.4, 0.5) is 5.13 Å². The molecule has 0 radical (unpaired) electrons. The molecular weight excluding hydrogens is 484 g/mol. The largest absolute Gasteiger partial charge is 0.452 e. The number of esters is 1. The lowest BCUT2D eigenvalue weighted by molar-refractivity contribution is -0.119. The predicted molar refractivity (Wildman–Crippen MR) is 108 cm³/mol. The first-order chi connectivity index (χ1) is 12.5. The molecule has 2 aromatic carbocycles. The second kappa shape index (κ2) is 8.57. The van der Waals surface area contributed by atoms with Crippen LogP contribution in [-0.4, -0.2) is 23.5 Å². The summed E-state index contributed by atoms with van der Waals surface area (Å²) in [6.07, 6.45) is 0. The lowest BCUT2D eigenvalue weighted by Gasteiger charge is -2.05. The Balaban J connectivity index is 1.56. The van der Waals surface area contributed by atoms with Crippen LogP contribution in [0, 0.1) is 0 Å². The normalized spacial score (nSPS) is 10.4. The molecule has 0 bridgehead atoms. The first-order valence-corrected chi connectivity index (χ1v) is 9.92. The summed E-state index contributed by atoms with van der Waals surface area (Å²) in [6, 6.07) is 14.5. The number of carbonyl (C=O) groups excluding carboxylic acids is 2. The molecule has 1 amide bonds. The summed E-state index contributed by atoms with van der Waals surface area (Å²) in [7, 11) is 0. The van der Waals surface area contributed by atoms with Crippen LogP contribution in [0.1, 0.15) is 10.4 Å². The number of thiazole rings is 1. The van der Waals surface area contributed by atoms with Crippen molar-refractivity contribution in [2.75, 3.05) is 11.9 Å². The van der Waals surface area contributed by atoms with E-state index in [4.69, 9.17) is 4.74 Å². The molecule has 0 saturated carbocycles. The zero-order valence-corrected chi connectivity index (χ0v) is 17.2. The van der Waals surface area contributed by atoms with Gasteiger partial charge < -0.3 is 4.74 Å². The van der Waals surface area contributed by atoms with Crippen molar-refractivity contribution >= 4 is 60.2 Å². The number of hydrogen-bond donors (Lipinski definition) is 1. The highest BCUT2D eigenvalue weighted by atomic mass is 79.9.